The molecule has 0 amide bonds. The van der Waals surface area contributed by atoms with Crippen LogP contribution in [0.25, 0.3) is 0 Å². The molecule has 2 nitrogen and oxygen atoms in total. The molecule has 0 saturated heterocycles. The van der Waals surface area contributed by atoms with Crippen molar-refractivity contribution in [3.63, 3.8) is 0 Å². The van der Waals surface area contributed by atoms with E-state index < -0.39 is 17.4 Å². The molecule has 0 bridgehead atoms. The van der Waals surface area contributed by atoms with Gasteiger partial charge in [-0.1, -0.05) is 11.6 Å². The van der Waals surface area contributed by atoms with Gasteiger partial charge in [-0.2, -0.15) is 0 Å². The van der Waals surface area contributed by atoms with Crippen molar-refractivity contribution < 1.29 is 13.6 Å². The second-order valence-electron chi connectivity index (χ2n) is 2.27. The highest BCUT2D eigenvalue weighted by atomic mass is 79.9. The van der Waals surface area contributed by atoms with Crippen LogP contribution in [0.2, 0.25) is 5.15 Å². The normalized spacial score (nSPS) is 10.7. The lowest BCUT2D eigenvalue weighted by Gasteiger charge is -2.05. The number of hydrogen-bond donors (Lipinski definition) is 0. The van der Waals surface area contributed by atoms with E-state index >= 15 is 0 Å². The van der Waals surface area contributed by atoms with Crippen molar-refractivity contribution in [3.05, 3.63) is 26.9 Å². The summed E-state index contributed by atoms with van der Waals surface area (Å²) < 4.78 is 24.9. The molecule has 76 valence electrons. The minimum Gasteiger partial charge on any atom is -0.276 e. The van der Waals surface area contributed by atoms with Crippen LogP contribution in [-0.2, 0) is 0 Å². The van der Waals surface area contributed by atoms with Crippen molar-refractivity contribution in [1.29, 1.82) is 0 Å². The minimum atomic E-state index is -2.89. The molecular formula is C7H2BrCl2F2NO. The van der Waals surface area contributed by atoms with Gasteiger partial charge in [-0.25, -0.2) is 13.8 Å². The number of aromatic nitrogens is 1. The smallest absolute Gasteiger partial charge is 0.276 e. The highest BCUT2D eigenvalue weighted by Gasteiger charge is 2.20. The molecule has 7 heteroatoms. The van der Waals surface area contributed by atoms with Crippen LogP contribution in [-0.4, -0.2) is 10.2 Å². The molecule has 0 N–H and O–H groups in total. The Bertz CT molecular complexity index is 386. The average Bonchev–Trinajstić information content (AvgIpc) is 2.08. The highest BCUT2D eigenvalue weighted by molar-refractivity contribution is 9.10. The number of nitrogens with zero attached hydrogens (tertiary/aromatic N) is 1. The van der Waals surface area contributed by atoms with Gasteiger partial charge in [-0.3, -0.25) is 4.79 Å². The summed E-state index contributed by atoms with van der Waals surface area (Å²) in [6, 6.07) is 1.12. The van der Waals surface area contributed by atoms with Crippen LogP contribution >= 0.6 is 39.1 Å². The van der Waals surface area contributed by atoms with Gasteiger partial charge in [0.05, 0.1) is 10.0 Å². The molecule has 0 unspecified atom stereocenters. The Labute approximate surface area is 96.3 Å². The number of halogens is 5. The number of rotatable bonds is 2. The molecule has 1 aromatic rings. The Hall–Kier alpha value is -0.260. The number of carbonyl (C=O) groups excluding carboxylic acids is 1. The van der Waals surface area contributed by atoms with Crippen LogP contribution in [0.1, 0.15) is 22.5 Å². The van der Waals surface area contributed by atoms with Gasteiger partial charge in [-0.05, 0) is 33.6 Å². The summed E-state index contributed by atoms with van der Waals surface area (Å²) in [4.78, 5) is 14.1. The molecular weight excluding hydrogens is 303 g/mol. The van der Waals surface area contributed by atoms with E-state index in [1.807, 2.05) is 0 Å². The lowest BCUT2D eigenvalue weighted by Crippen LogP contribution is -2.02. The van der Waals surface area contributed by atoms with E-state index in [4.69, 9.17) is 23.2 Å². The predicted octanol–water partition coefficient (Wildman–Crippen LogP) is 3.81. The van der Waals surface area contributed by atoms with Crippen molar-refractivity contribution in [3.8, 4) is 0 Å². The third-order valence-electron chi connectivity index (χ3n) is 1.38. The summed E-state index contributed by atoms with van der Waals surface area (Å²) in [5.41, 5.74) is -1.06. The Kier molecular flexibility index (Phi) is 3.80. The van der Waals surface area contributed by atoms with Crippen LogP contribution in [0.5, 0.6) is 0 Å². The summed E-state index contributed by atoms with van der Waals surface area (Å²) in [6.45, 7) is 0. The maximum atomic E-state index is 12.4. The monoisotopic (exact) mass is 303 g/mol. The second-order valence-corrected chi connectivity index (χ2v) is 3.82. The van der Waals surface area contributed by atoms with Crippen LogP contribution in [0.4, 0.5) is 8.78 Å². The van der Waals surface area contributed by atoms with E-state index in [0.29, 0.717) is 0 Å². The first-order valence-corrected chi connectivity index (χ1v) is 4.82. The summed E-state index contributed by atoms with van der Waals surface area (Å²) in [7, 11) is 0. The van der Waals surface area contributed by atoms with Crippen molar-refractivity contribution in [1.82, 2.24) is 4.98 Å². The van der Waals surface area contributed by atoms with E-state index in [0.717, 1.165) is 6.07 Å². The maximum Gasteiger partial charge on any atom is 0.281 e. The number of hydrogen-bond acceptors (Lipinski definition) is 2. The highest BCUT2D eigenvalue weighted by Crippen LogP contribution is 2.29. The quantitative estimate of drug-likeness (QED) is 0.614. The number of alkyl halides is 2. The van der Waals surface area contributed by atoms with E-state index in [1.165, 1.54) is 0 Å². The Balaban J connectivity index is 3.39. The van der Waals surface area contributed by atoms with Gasteiger partial charge in [0, 0.05) is 0 Å². The van der Waals surface area contributed by atoms with Crippen molar-refractivity contribution >= 4 is 44.4 Å². The fourth-order valence-corrected chi connectivity index (χ4v) is 1.42. The zero-order chi connectivity index (χ0) is 10.9. The molecule has 0 fully saturated rings. The molecule has 0 aromatic carbocycles. The predicted molar refractivity (Wildman–Crippen MR) is 52.1 cm³/mol. The molecule has 0 radical (unpaired) electrons. The standard InChI is InChI=1S/C7H2BrCl2F2NO/c8-3-1-2(6(10)14)4(7(11)12)13-5(3)9/h1,7H. The van der Waals surface area contributed by atoms with Crippen LogP contribution in [0.3, 0.4) is 0 Å². The topological polar surface area (TPSA) is 30.0 Å². The van der Waals surface area contributed by atoms with E-state index in [9.17, 15) is 13.6 Å². The fraction of sp³-hybridized carbons (Fsp3) is 0.143. The van der Waals surface area contributed by atoms with Gasteiger partial charge < -0.3 is 0 Å². The number of carbonyl (C=O) groups is 1. The molecule has 0 aliphatic rings. The summed E-state index contributed by atoms with van der Waals surface area (Å²) in [5.74, 6) is 0. The largest absolute Gasteiger partial charge is 0.281 e. The molecule has 1 heterocycles. The number of pyridine rings is 1. The van der Waals surface area contributed by atoms with Gasteiger partial charge in [0.25, 0.3) is 11.7 Å². The maximum absolute atomic E-state index is 12.4. The first kappa shape index (κ1) is 11.8. The van der Waals surface area contributed by atoms with E-state index in [2.05, 4.69) is 20.9 Å². The molecule has 0 aliphatic heterocycles. The SMILES string of the molecule is O=C(Cl)c1cc(Br)c(Cl)nc1C(F)F. The lowest BCUT2D eigenvalue weighted by molar-refractivity contribution is 0.106. The molecule has 14 heavy (non-hydrogen) atoms. The lowest BCUT2D eigenvalue weighted by atomic mass is 10.2. The van der Waals surface area contributed by atoms with Crippen LogP contribution in [0.15, 0.2) is 10.5 Å². The van der Waals surface area contributed by atoms with E-state index in [1.54, 1.807) is 0 Å². The fourth-order valence-electron chi connectivity index (χ4n) is 0.803. The minimum absolute atomic E-state index is 0.137. The van der Waals surface area contributed by atoms with Gasteiger partial charge in [-0.15, -0.1) is 0 Å². The Morgan fingerprint density at radius 3 is 2.57 bits per heavy atom. The summed E-state index contributed by atoms with van der Waals surface area (Å²) in [6.07, 6.45) is -2.89. The third-order valence-corrected chi connectivity index (χ3v) is 2.71. The van der Waals surface area contributed by atoms with Gasteiger partial charge in [0.2, 0.25) is 0 Å². The average molecular weight is 305 g/mol. The van der Waals surface area contributed by atoms with Crippen molar-refractivity contribution in [2.75, 3.05) is 0 Å². The molecule has 0 saturated carbocycles. The Morgan fingerprint density at radius 1 is 1.57 bits per heavy atom. The van der Waals surface area contributed by atoms with Crippen molar-refractivity contribution in [2.45, 2.75) is 6.43 Å². The molecule has 1 rings (SSSR count). The van der Waals surface area contributed by atoms with Crippen LogP contribution in [0, 0.1) is 0 Å². The van der Waals surface area contributed by atoms with Crippen molar-refractivity contribution in [2.24, 2.45) is 0 Å². The Morgan fingerprint density at radius 2 is 2.14 bits per heavy atom. The zero-order valence-corrected chi connectivity index (χ0v) is 9.50. The van der Waals surface area contributed by atoms with Crippen LogP contribution < -0.4 is 0 Å². The third kappa shape index (κ3) is 2.40. The first-order chi connectivity index (χ1) is 6.43. The van der Waals surface area contributed by atoms with Gasteiger partial charge >= 0.3 is 0 Å². The molecule has 0 atom stereocenters. The van der Waals surface area contributed by atoms with Gasteiger partial charge in [0.1, 0.15) is 10.8 Å². The van der Waals surface area contributed by atoms with E-state index in [-0.39, 0.29) is 15.2 Å². The second kappa shape index (κ2) is 4.51. The first-order valence-electron chi connectivity index (χ1n) is 3.27. The molecule has 0 spiro atoms. The summed E-state index contributed by atoms with van der Waals surface area (Å²) in [5, 5.41) is -1.13. The summed E-state index contributed by atoms with van der Waals surface area (Å²) >= 11 is 13.5. The molecule has 0 aliphatic carbocycles. The molecule has 1 aromatic heterocycles. The zero-order valence-electron chi connectivity index (χ0n) is 6.40. The van der Waals surface area contributed by atoms with Gasteiger partial charge in [0.15, 0.2) is 0 Å².